The van der Waals surface area contributed by atoms with Crippen LogP contribution in [0.15, 0.2) is 24.3 Å². The molecular formula is C14H13N3O4. The summed E-state index contributed by atoms with van der Waals surface area (Å²) in [6.45, 7) is 2.29. The molecule has 21 heavy (non-hydrogen) atoms. The first-order valence-electron chi connectivity index (χ1n) is 6.46. The molecule has 108 valence electrons. The lowest BCUT2D eigenvalue weighted by atomic mass is 10.1. The van der Waals surface area contributed by atoms with Crippen LogP contribution in [0.3, 0.4) is 0 Å². The van der Waals surface area contributed by atoms with Crippen molar-refractivity contribution < 1.29 is 19.4 Å². The number of hydrogen-bond acceptors (Lipinski definition) is 4. The quantitative estimate of drug-likeness (QED) is 0.894. The number of fused-ring (bicyclic) bond motifs is 1. The number of hydrogen-bond donors (Lipinski definition) is 2. The Morgan fingerprint density at radius 3 is 2.95 bits per heavy atom. The first-order valence-corrected chi connectivity index (χ1v) is 6.46. The minimum Gasteiger partial charge on any atom is -0.482 e. The van der Waals surface area contributed by atoms with Crippen LogP contribution in [0.4, 0.5) is 5.69 Å². The second kappa shape index (κ2) is 4.93. The van der Waals surface area contributed by atoms with E-state index < -0.39 is 5.97 Å². The topological polar surface area (TPSA) is 93.5 Å². The number of rotatable bonds is 3. The Morgan fingerprint density at radius 1 is 1.48 bits per heavy atom. The monoisotopic (exact) mass is 287 g/mol. The fourth-order valence-electron chi connectivity index (χ4n) is 2.21. The number of benzene rings is 1. The SMILES string of the molecule is CCn1nc(-c2ccc3c(c2)NC(=O)CO3)cc1C(=O)O. The standard InChI is InChI=1S/C14H13N3O4/c1-2-17-11(14(19)20)6-9(16-17)8-3-4-12-10(5-8)15-13(18)7-21-12/h3-6H,2,7H2,1H3,(H,15,18)(H,19,20). The van der Waals surface area contributed by atoms with Gasteiger partial charge in [0.15, 0.2) is 6.61 Å². The molecule has 0 atom stereocenters. The van der Waals surface area contributed by atoms with Crippen LogP contribution in [0.25, 0.3) is 11.3 Å². The number of aryl methyl sites for hydroxylation is 1. The average molecular weight is 287 g/mol. The molecular weight excluding hydrogens is 274 g/mol. The van der Waals surface area contributed by atoms with Crippen molar-refractivity contribution >= 4 is 17.6 Å². The van der Waals surface area contributed by atoms with Gasteiger partial charge in [0, 0.05) is 12.1 Å². The summed E-state index contributed by atoms with van der Waals surface area (Å²) in [7, 11) is 0. The number of amides is 1. The molecule has 7 nitrogen and oxygen atoms in total. The second-order valence-electron chi connectivity index (χ2n) is 4.58. The third-order valence-corrected chi connectivity index (χ3v) is 3.21. The van der Waals surface area contributed by atoms with Crippen LogP contribution < -0.4 is 10.1 Å². The van der Waals surface area contributed by atoms with E-state index >= 15 is 0 Å². The summed E-state index contributed by atoms with van der Waals surface area (Å²) < 4.78 is 6.71. The lowest BCUT2D eigenvalue weighted by Gasteiger charge is -2.18. The van der Waals surface area contributed by atoms with Crippen LogP contribution in [-0.2, 0) is 11.3 Å². The Bertz CT molecular complexity index is 736. The third kappa shape index (κ3) is 2.33. The van der Waals surface area contributed by atoms with E-state index in [4.69, 9.17) is 9.84 Å². The first kappa shape index (κ1) is 13.2. The van der Waals surface area contributed by atoms with Crippen molar-refractivity contribution in [3.05, 3.63) is 30.0 Å². The van der Waals surface area contributed by atoms with Gasteiger partial charge in [0.1, 0.15) is 11.4 Å². The molecule has 1 aliphatic heterocycles. The van der Waals surface area contributed by atoms with Crippen LogP contribution in [-0.4, -0.2) is 33.4 Å². The number of carbonyl (C=O) groups excluding carboxylic acids is 1. The van der Waals surface area contributed by atoms with Gasteiger partial charge in [-0.1, -0.05) is 0 Å². The molecule has 0 aliphatic carbocycles. The lowest BCUT2D eigenvalue weighted by molar-refractivity contribution is -0.118. The highest BCUT2D eigenvalue weighted by atomic mass is 16.5. The van der Waals surface area contributed by atoms with Gasteiger partial charge in [-0.05, 0) is 31.2 Å². The maximum atomic E-state index is 11.3. The summed E-state index contributed by atoms with van der Waals surface area (Å²) >= 11 is 0. The van der Waals surface area contributed by atoms with Gasteiger partial charge < -0.3 is 15.2 Å². The van der Waals surface area contributed by atoms with E-state index in [1.54, 1.807) is 18.2 Å². The fraction of sp³-hybridized carbons (Fsp3) is 0.214. The summed E-state index contributed by atoms with van der Waals surface area (Å²) in [4.78, 5) is 22.5. The third-order valence-electron chi connectivity index (χ3n) is 3.21. The lowest BCUT2D eigenvalue weighted by Crippen LogP contribution is -2.25. The Kier molecular flexibility index (Phi) is 3.09. The fourth-order valence-corrected chi connectivity index (χ4v) is 2.21. The number of aromatic nitrogens is 2. The van der Waals surface area contributed by atoms with Crippen molar-refractivity contribution in [2.45, 2.75) is 13.5 Å². The van der Waals surface area contributed by atoms with Crippen LogP contribution in [0.5, 0.6) is 5.75 Å². The number of aromatic carboxylic acids is 1. The molecule has 0 radical (unpaired) electrons. The van der Waals surface area contributed by atoms with E-state index in [9.17, 15) is 9.59 Å². The molecule has 1 aromatic carbocycles. The number of carboxylic acids is 1. The largest absolute Gasteiger partial charge is 0.482 e. The van der Waals surface area contributed by atoms with Crippen molar-refractivity contribution in [3.8, 4) is 17.0 Å². The molecule has 1 aromatic heterocycles. The maximum absolute atomic E-state index is 11.3. The van der Waals surface area contributed by atoms with Gasteiger partial charge in [-0.15, -0.1) is 0 Å². The molecule has 0 bridgehead atoms. The zero-order valence-electron chi connectivity index (χ0n) is 11.3. The zero-order valence-corrected chi connectivity index (χ0v) is 11.3. The molecule has 7 heteroatoms. The number of carboxylic acid groups (broad SMARTS) is 1. The van der Waals surface area contributed by atoms with Crippen LogP contribution in [0, 0.1) is 0 Å². The Morgan fingerprint density at radius 2 is 2.29 bits per heavy atom. The van der Waals surface area contributed by atoms with E-state index in [1.165, 1.54) is 10.7 Å². The minimum atomic E-state index is -1.02. The van der Waals surface area contributed by atoms with E-state index in [0.717, 1.165) is 0 Å². The van der Waals surface area contributed by atoms with Gasteiger partial charge in [0.2, 0.25) is 0 Å². The molecule has 1 amide bonds. The summed E-state index contributed by atoms with van der Waals surface area (Å²) in [5.41, 5.74) is 1.95. The number of anilines is 1. The smallest absolute Gasteiger partial charge is 0.354 e. The molecule has 2 heterocycles. The van der Waals surface area contributed by atoms with Crippen LogP contribution >= 0.6 is 0 Å². The van der Waals surface area contributed by atoms with Crippen molar-refractivity contribution in [2.75, 3.05) is 11.9 Å². The van der Waals surface area contributed by atoms with Gasteiger partial charge in [-0.3, -0.25) is 9.48 Å². The number of carbonyl (C=O) groups is 2. The molecule has 2 aromatic rings. The molecule has 0 saturated heterocycles. The van der Waals surface area contributed by atoms with Crippen molar-refractivity contribution in [1.82, 2.24) is 9.78 Å². The highest BCUT2D eigenvalue weighted by molar-refractivity contribution is 5.96. The molecule has 0 spiro atoms. The van der Waals surface area contributed by atoms with Crippen LogP contribution in [0.2, 0.25) is 0 Å². The van der Waals surface area contributed by atoms with E-state index in [2.05, 4.69) is 10.4 Å². The molecule has 3 rings (SSSR count). The number of ether oxygens (including phenoxy) is 1. The van der Waals surface area contributed by atoms with Gasteiger partial charge in [-0.25, -0.2) is 4.79 Å². The van der Waals surface area contributed by atoms with Gasteiger partial charge >= 0.3 is 5.97 Å². The number of nitrogens with zero attached hydrogens (tertiary/aromatic N) is 2. The van der Waals surface area contributed by atoms with E-state index in [0.29, 0.717) is 29.2 Å². The molecule has 0 fully saturated rings. The summed E-state index contributed by atoms with van der Waals surface area (Å²) in [5, 5.41) is 16.1. The van der Waals surface area contributed by atoms with Crippen molar-refractivity contribution in [2.24, 2.45) is 0 Å². The summed E-state index contributed by atoms with van der Waals surface area (Å²) in [5.74, 6) is -0.651. The Balaban J connectivity index is 2.03. The first-order chi connectivity index (χ1) is 10.1. The van der Waals surface area contributed by atoms with E-state index in [1.807, 2.05) is 6.92 Å². The summed E-state index contributed by atoms with van der Waals surface area (Å²) in [6.07, 6.45) is 0. The molecule has 1 aliphatic rings. The normalized spacial score (nSPS) is 13.3. The average Bonchev–Trinajstić information content (AvgIpc) is 2.91. The van der Waals surface area contributed by atoms with Gasteiger partial charge in [0.25, 0.3) is 5.91 Å². The highest BCUT2D eigenvalue weighted by Gasteiger charge is 2.19. The predicted octanol–water partition coefficient (Wildman–Crippen LogP) is 1.60. The minimum absolute atomic E-state index is 0.0000290. The van der Waals surface area contributed by atoms with Gasteiger partial charge in [0.05, 0.1) is 11.4 Å². The number of nitrogens with one attached hydrogen (secondary N) is 1. The molecule has 2 N–H and O–H groups in total. The maximum Gasteiger partial charge on any atom is 0.354 e. The van der Waals surface area contributed by atoms with Gasteiger partial charge in [-0.2, -0.15) is 5.10 Å². The van der Waals surface area contributed by atoms with E-state index in [-0.39, 0.29) is 18.2 Å². The van der Waals surface area contributed by atoms with Crippen molar-refractivity contribution in [3.63, 3.8) is 0 Å². The Hall–Kier alpha value is -2.83. The predicted molar refractivity (Wildman–Crippen MR) is 74.4 cm³/mol. The zero-order chi connectivity index (χ0) is 15.0. The summed E-state index contributed by atoms with van der Waals surface area (Å²) in [6, 6.07) is 6.75. The van der Waals surface area contributed by atoms with Crippen LogP contribution in [0.1, 0.15) is 17.4 Å². The molecule has 0 unspecified atom stereocenters. The Labute approximate surface area is 120 Å². The molecule has 0 saturated carbocycles. The highest BCUT2D eigenvalue weighted by Crippen LogP contribution is 2.32. The second-order valence-corrected chi connectivity index (χ2v) is 4.58. The van der Waals surface area contributed by atoms with Crippen molar-refractivity contribution in [1.29, 1.82) is 0 Å².